The van der Waals surface area contributed by atoms with E-state index in [1.54, 1.807) is 14.2 Å². The van der Waals surface area contributed by atoms with Crippen molar-refractivity contribution in [3.8, 4) is 11.5 Å². The minimum atomic E-state index is -0.981. The Labute approximate surface area is 290 Å². The molecule has 8 heteroatoms. The summed E-state index contributed by atoms with van der Waals surface area (Å²) >= 11 is 0. The molecule has 0 radical (unpaired) electrons. The summed E-state index contributed by atoms with van der Waals surface area (Å²) in [5, 5.41) is 13.2. The first-order valence-corrected chi connectivity index (χ1v) is 17.0. The molecule has 0 saturated heterocycles. The van der Waals surface area contributed by atoms with Gasteiger partial charge in [0.2, 0.25) is 5.91 Å². The van der Waals surface area contributed by atoms with Crippen molar-refractivity contribution in [3.63, 3.8) is 0 Å². The Morgan fingerprint density at radius 2 is 1.14 bits per heavy atom. The second-order valence-corrected chi connectivity index (χ2v) is 12.1. The number of carbonyl (C=O) groups is 2. The van der Waals surface area contributed by atoms with Crippen molar-refractivity contribution in [1.29, 1.82) is 0 Å². The number of methoxy groups -OCH3 is 3. The summed E-state index contributed by atoms with van der Waals surface area (Å²) in [5.41, 5.74) is 4.35. The van der Waals surface area contributed by atoms with Crippen LogP contribution in [0.3, 0.4) is 0 Å². The summed E-state index contributed by atoms with van der Waals surface area (Å²) in [6, 6.07) is 31.8. The van der Waals surface area contributed by atoms with Crippen LogP contribution < -0.4 is 14.8 Å². The van der Waals surface area contributed by atoms with Gasteiger partial charge >= 0.3 is 5.97 Å². The van der Waals surface area contributed by atoms with Crippen molar-refractivity contribution in [1.82, 2.24) is 5.32 Å². The molecule has 0 aliphatic carbocycles. The molecule has 0 atom stereocenters. The molecule has 49 heavy (non-hydrogen) atoms. The minimum absolute atomic E-state index is 0.00000111. The minimum Gasteiger partial charge on any atom is -0.497 e. The molecule has 0 saturated carbocycles. The zero-order chi connectivity index (χ0) is 34.9. The van der Waals surface area contributed by atoms with Crippen LogP contribution in [-0.4, -0.2) is 38.3 Å². The van der Waals surface area contributed by atoms with E-state index in [2.05, 4.69) is 22.2 Å². The number of amides is 1. The van der Waals surface area contributed by atoms with Gasteiger partial charge in [0, 0.05) is 19.4 Å². The van der Waals surface area contributed by atoms with Gasteiger partial charge in [-0.25, -0.2) is 0 Å². The molecule has 0 unspecified atom stereocenters. The molecule has 0 heterocycles. The fourth-order valence-electron chi connectivity index (χ4n) is 6.04. The molecule has 0 spiro atoms. The highest BCUT2D eigenvalue weighted by molar-refractivity contribution is 5.75. The fraction of sp³-hybridized carbons (Fsp3) is 0.366. The molecule has 4 aromatic rings. The molecule has 0 aliphatic rings. The monoisotopic (exact) mass is 667 g/mol. The molecule has 260 valence electrons. The Morgan fingerprint density at radius 1 is 0.633 bits per heavy atom. The molecule has 1 amide bonds. The van der Waals surface area contributed by atoms with Gasteiger partial charge < -0.3 is 29.4 Å². The molecular weight excluding hydrogens is 618 g/mol. The lowest BCUT2D eigenvalue weighted by atomic mass is 9.80. The number of hydrogen-bond donors (Lipinski definition) is 2. The summed E-state index contributed by atoms with van der Waals surface area (Å²) < 4.78 is 22.6. The van der Waals surface area contributed by atoms with E-state index in [4.69, 9.17) is 14.2 Å². The third-order valence-electron chi connectivity index (χ3n) is 8.68. The summed E-state index contributed by atoms with van der Waals surface area (Å²) in [6.07, 6.45) is 6.61. The van der Waals surface area contributed by atoms with Crippen molar-refractivity contribution in [2.24, 2.45) is 0 Å². The van der Waals surface area contributed by atoms with Gasteiger partial charge in [0.15, 0.2) is 0 Å². The van der Waals surface area contributed by atoms with Crippen LogP contribution in [0.5, 0.6) is 11.5 Å². The number of rotatable bonds is 20. The number of benzene rings is 4. The number of ether oxygens (including phenoxy) is 4. The Bertz CT molecular complexity index is 1540. The van der Waals surface area contributed by atoms with E-state index in [0.29, 0.717) is 19.4 Å². The van der Waals surface area contributed by atoms with E-state index in [0.717, 1.165) is 83.4 Å². The van der Waals surface area contributed by atoms with Crippen LogP contribution in [-0.2, 0) is 44.4 Å². The maximum absolute atomic E-state index is 12.7. The van der Waals surface area contributed by atoms with Gasteiger partial charge in [-0.3, -0.25) is 9.59 Å². The molecule has 0 aromatic heterocycles. The third-order valence-corrected chi connectivity index (χ3v) is 8.68. The third kappa shape index (κ3) is 10.7. The summed E-state index contributed by atoms with van der Waals surface area (Å²) in [7, 11) is 4.70. The lowest BCUT2D eigenvalue weighted by Crippen LogP contribution is -2.33. The number of aliphatic hydroxyl groups is 1. The highest BCUT2D eigenvalue weighted by Gasteiger charge is 2.38. The number of nitrogens with one attached hydrogen (secondary N) is 1. The maximum atomic E-state index is 12.7. The van der Waals surface area contributed by atoms with Crippen LogP contribution in [0.2, 0.25) is 0 Å². The average Bonchev–Trinajstić information content (AvgIpc) is 3.15. The first kappa shape index (κ1) is 37.2. The highest BCUT2D eigenvalue weighted by Crippen LogP contribution is 2.42. The first-order valence-electron chi connectivity index (χ1n) is 17.0. The van der Waals surface area contributed by atoms with E-state index in [-0.39, 0.29) is 25.1 Å². The lowest BCUT2D eigenvalue weighted by Gasteiger charge is -2.36. The quantitative estimate of drug-likeness (QED) is 0.0568. The van der Waals surface area contributed by atoms with E-state index in [9.17, 15) is 14.7 Å². The normalized spacial score (nSPS) is 11.2. The Kier molecular flexibility index (Phi) is 14.7. The Morgan fingerprint density at radius 3 is 1.69 bits per heavy atom. The number of hydrogen-bond acceptors (Lipinski definition) is 7. The van der Waals surface area contributed by atoms with E-state index in [1.165, 1.54) is 7.11 Å². The van der Waals surface area contributed by atoms with Crippen molar-refractivity contribution in [3.05, 3.63) is 130 Å². The summed E-state index contributed by atoms with van der Waals surface area (Å²) in [4.78, 5) is 23.9. The highest BCUT2D eigenvalue weighted by atomic mass is 16.5. The lowest BCUT2D eigenvalue weighted by molar-refractivity contribution is -0.140. The van der Waals surface area contributed by atoms with Crippen LogP contribution in [0.1, 0.15) is 84.7 Å². The number of esters is 1. The van der Waals surface area contributed by atoms with Gasteiger partial charge in [-0.2, -0.15) is 0 Å². The summed E-state index contributed by atoms with van der Waals surface area (Å²) in [5.74, 6) is 1.33. The van der Waals surface area contributed by atoms with Crippen molar-refractivity contribution < 1.29 is 33.6 Å². The molecule has 8 nitrogen and oxygen atoms in total. The molecule has 2 N–H and O–H groups in total. The zero-order valence-corrected chi connectivity index (χ0v) is 28.9. The van der Waals surface area contributed by atoms with Gasteiger partial charge in [-0.05, 0) is 70.5 Å². The maximum Gasteiger partial charge on any atom is 0.305 e. The van der Waals surface area contributed by atoms with Crippen LogP contribution >= 0.6 is 0 Å². The largest absolute Gasteiger partial charge is 0.497 e. The van der Waals surface area contributed by atoms with Crippen molar-refractivity contribution >= 4 is 11.9 Å². The molecule has 0 aliphatic heterocycles. The number of carbonyl (C=O) groups excluding carboxylic acids is 2. The predicted octanol–water partition coefficient (Wildman–Crippen LogP) is 7.61. The molecule has 0 fully saturated rings. The summed E-state index contributed by atoms with van der Waals surface area (Å²) in [6.45, 7) is 0.463. The number of unbranched alkanes of at least 4 members (excludes halogenated alkanes) is 5. The zero-order valence-electron chi connectivity index (χ0n) is 28.9. The van der Waals surface area contributed by atoms with E-state index in [1.807, 2.05) is 84.9 Å². The standard InChI is InChI=1S/C41H49NO7/c1-46-37-21-17-35(18-22-37)41(34-13-9-8-10-14-34,36-19-23-38(47-2)24-20-36)49-30-33-26-31(25-32(27-33)29-43)28-42-39(44)15-11-6-4-5-7-12-16-40(45)48-3/h8-10,13-14,17-27,43H,4-7,11-12,15-16,28-30H2,1-3H3,(H,42,44). The molecular formula is C41H49NO7. The van der Waals surface area contributed by atoms with Crippen LogP contribution in [0, 0.1) is 0 Å². The van der Waals surface area contributed by atoms with Crippen LogP contribution in [0.15, 0.2) is 97.1 Å². The molecule has 4 aromatic carbocycles. The Balaban J connectivity index is 1.48. The predicted molar refractivity (Wildman–Crippen MR) is 190 cm³/mol. The second-order valence-electron chi connectivity index (χ2n) is 12.1. The first-order chi connectivity index (χ1) is 23.9. The molecule has 4 rings (SSSR count). The smallest absolute Gasteiger partial charge is 0.305 e. The van der Waals surface area contributed by atoms with E-state index < -0.39 is 5.60 Å². The van der Waals surface area contributed by atoms with Gasteiger partial charge in [0.25, 0.3) is 0 Å². The number of aliphatic hydroxyl groups excluding tert-OH is 1. The fourth-order valence-corrected chi connectivity index (χ4v) is 6.04. The SMILES string of the molecule is COC(=O)CCCCCCCCC(=O)NCc1cc(CO)cc(COC(c2ccccc2)(c2ccc(OC)cc2)c2ccc(OC)cc2)c1. The van der Waals surface area contributed by atoms with Crippen LogP contribution in [0.25, 0.3) is 0 Å². The molecule has 0 bridgehead atoms. The van der Waals surface area contributed by atoms with Gasteiger partial charge in [0.1, 0.15) is 17.1 Å². The topological polar surface area (TPSA) is 103 Å². The van der Waals surface area contributed by atoms with E-state index >= 15 is 0 Å². The van der Waals surface area contributed by atoms with Gasteiger partial charge in [-0.1, -0.05) is 98.5 Å². The Hall–Kier alpha value is -4.66. The van der Waals surface area contributed by atoms with Crippen LogP contribution in [0.4, 0.5) is 0 Å². The average molecular weight is 668 g/mol. The van der Waals surface area contributed by atoms with Gasteiger partial charge in [-0.15, -0.1) is 0 Å². The van der Waals surface area contributed by atoms with Gasteiger partial charge in [0.05, 0.1) is 34.5 Å². The second kappa shape index (κ2) is 19.4. The van der Waals surface area contributed by atoms with Crippen molar-refractivity contribution in [2.45, 2.75) is 76.7 Å². The van der Waals surface area contributed by atoms with Crippen molar-refractivity contribution in [2.75, 3.05) is 21.3 Å².